The van der Waals surface area contributed by atoms with Crippen LogP contribution in [0.25, 0.3) is 0 Å². The summed E-state index contributed by atoms with van der Waals surface area (Å²) in [5.41, 5.74) is 0. The van der Waals surface area contributed by atoms with E-state index in [4.69, 9.17) is 12.2 Å². The number of hydrogen-bond acceptors (Lipinski definition) is 1. The van der Waals surface area contributed by atoms with E-state index in [9.17, 15) is 0 Å². The predicted octanol–water partition coefficient (Wildman–Crippen LogP) is 3.85. The molecule has 0 aromatic rings. The first-order chi connectivity index (χ1) is 10.2. The Hall–Kier alpha value is -0.310. The second-order valence-electron chi connectivity index (χ2n) is 8.44. The molecule has 5 rings (SSSR count). The summed E-state index contributed by atoms with van der Waals surface area (Å²) in [7, 11) is 0. The van der Waals surface area contributed by atoms with Crippen molar-refractivity contribution in [3.63, 3.8) is 0 Å². The van der Waals surface area contributed by atoms with E-state index in [0.29, 0.717) is 12.1 Å². The molecule has 0 saturated heterocycles. The fourth-order valence-electron chi connectivity index (χ4n) is 6.05. The first kappa shape index (κ1) is 14.3. The second-order valence-corrected chi connectivity index (χ2v) is 8.85. The van der Waals surface area contributed by atoms with Crippen molar-refractivity contribution in [2.75, 3.05) is 0 Å². The maximum atomic E-state index is 5.66. The van der Waals surface area contributed by atoms with Gasteiger partial charge in [0.15, 0.2) is 5.11 Å². The molecule has 0 aromatic heterocycles. The molecule has 4 bridgehead atoms. The van der Waals surface area contributed by atoms with Crippen molar-refractivity contribution in [3.05, 3.63) is 0 Å². The summed E-state index contributed by atoms with van der Waals surface area (Å²) in [5.74, 6) is 4.68. The minimum absolute atomic E-state index is 0.607. The van der Waals surface area contributed by atoms with Crippen molar-refractivity contribution in [3.8, 4) is 0 Å². The Bertz CT molecular complexity index is 380. The van der Waals surface area contributed by atoms with Crippen LogP contribution in [0.15, 0.2) is 0 Å². The normalized spacial score (nSPS) is 48.1. The summed E-state index contributed by atoms with van der Waals surface area (Å²) in [5, 5.41) is 8.35. The number of rotatable bonds is 2. The lowest BCUT2D eigenvalue weighted by Gasteiger charge is -2.54. The van der Waals surface area contributed by atoms with Crippen LogP contribution in [0, 0.1) is 29.6 Å². The zero-order chi connectivity index (χ0) is 14.4. The molecule has 0 unspecified atom stereocenters. The summed E-state index contributed by atoms with van der Waals surface area (Å²) < 4.78 is 0. The molecular formula is C18H30N2S. The average Bonchev–Trinajstić information content (AvgIpc) is 2.44. The maximum absolute atomic E-state index is 5.66. The molecule has 0 radical (unpaired) electrons. The standard InChI is InChI=1S/C18H30N2S/c1-11-4-2-3-5-16(11)19-18(21)20-17-14-7-12-6-13(9-14)10-15(17)8-12/h11-17H,2-10H2,1H3,(H2,19,20,21)/t11-,12?,13?,14?,15?,16+,17?/m1/s1. The van der Waals surface area contributed by atoms with Gasteiger partial charge in [0, 0.05) is 12.1 Å². The van der Waals surface area contributed by atoms with Crippen LogP contribution in [-0.4, -0.2) is 17.2 Å². The minimum atomic E-state index is 0.607. The quantitative estimate of drug-likeness (QED) is 0.758. The Morgan fingerprint density at radius 3 is 2.10 bits per heavy atom. The lowest BCUT2D eigenvalue weighted by atomic mass is 9.54. The van der Waals surface area contributed by atoms with E-state index < -0.39 is 0 Å². The fourth-order valence-corrected chi connectivity index (χ4v) is 6.34. The van der Waals surface area contributed by atoms with Gasteiger partial charge < -0.3 is 10.6 Å². The Labute approximate surface area is 134 Å². The van der Waals surface area contributed by atoms with Crippen LogP contribution in [0.5, 0.6) is 0 Å². The van der Waals surface area contributed by atoms with Gasteiger partial charge in [-0.15, -0.1) is 0 Å². The third kappa shape index (κ3) is 2.83. The number of thiocarbonyl (C=S) groups is 1. The summed E-state index contributed by atoms with van der Waals surface area (Å²) in [4.78, 5) is 0. The average molecular weight is 307 g/mol. The molecule has 0 aromatic carbocycles. The number of nitrogens with one attached hydrogen (secondary N) is 2. The summed E-state index contributed by atoms with van der Waals surface area (Å²) in [6.45, 7) is 2.38. The van der Waals surface area contributed by atoms with E-state index in [1.165, 1.54) is 57.8 Å². The molecular weight excluding hydrogens is 276 g/mol. The summed E-state index contributed by atoms with van der Waals surface area (Å²) in [6, 6.07) is 1.28. The molecule has 0 heterocycles. The molecule has 5 aliphatic carbocycles. The molecule has 0 spiro atoms. The van der Waals surface area contributed by atoms with Gasteiger partial charge in [-0.3, -0.25) is 0 Å². The molecule has 5 fully saturated rings. The van der Waals surface area contributed by atoms with Gasteiger partial charge in [-0.05, 0) is 86.8 Å². The highest BCUT2D eigenvalue weighted by atomic mass is 32.1. The van der Waals surface area contributed by atoms with E-state index in [1.807, 2.05) is 0 Å². The van der Waals surface area contributed by atoms with Crippen LogP contribution >= 0.6 is 12.2 Å². The van der Waals surface area contributed by atoms with Crippen LogP contribution in [-0.2, 0) is 0 Å². The third-order valence-corrected chi connectivity index (χ3v) is 7.19. The first-order valence-electron chi connectivity index (χ1n) is 9.26. The highest BCUT2D eigenvalue weighted by Gasteiger charge is 2.48. The lowest BCUT2D eigenvalue weighted by molar-refractivity contribution is -0.00705. The SMILES string of the molecule is C[C@@H]1CCCC[C@@H]1NC(=S)NC1C2CC3CC(C2)CC1C3. The van der Waals surface area contributed by atoms with Crippen molar-refractivity contribution in [2.24, 2.45) is 29.6 Å². The highest BCUT2D eigenvalue weighted by Crippen LogP contribution is 2.53. The van der Waals surface area contributed by atoms with Crippen LogP contribution in [0.3, 0.4) is 0 Å². The molecule has 0 aliphatic heterocycles. The van der Waals surface area contributed by atoms with Gasteiger partial charge in [-0.2, -0.15) is 0 Å². The monoisotopic (exact) mass is 306 g/mol. The van der Waals surface area contributed by atoms with Gasteiger partial charge in [0.25, 0.3) is 0 Å². The maximum Gasteiger partial charge on any atom is 0.166 e. The van der Waals surface area contributed by atoms with E-state index in [1.54, 1.807) is 0 Å². The predicted molar refractivity (Wildman–Crippen MR) is 91.1 cm³/mol. The summed E-state index contributed by atoms with van der Waals surface area (Å²) in [6.07, 6.45) is 12.8. The van der Waals surface area contributed by atoms with Gasteiger partial charge in [-0.25, -0.2) is 0 Å². The van der Waals surface area contributed by atoms with Crippen LogP contribution in [0.1, 0.15) is 64.7 Å². The molecule has 2 atom stereocenters. The van der Waals surface area contributed by atoms with Crippen molar-refractivity contribution in [1.29, 1.82) is 0 Å². The van der Waals surface area contributed by atoms with Gasteiger partial charge >= 0.3 is 0 Å². The Balaban J connectivity index is 1.34. The van der Waals surface area contributed by atoms with Crippen molar-refractivity contribution < 1.29 is 0 Å². The first-order valence-corrected chi connectivity index (χ1v) is 9.67. The largest absolute Gasteiger partial charge is 0.360 e. The van der Waals surface area contributed by atoms with Crippen molar-refractivity contribution in [2.45, 2.75) is 76.8 Å². The van der Waals surface area contributed by atoms with E-state index in [-0.39, 0.29) is 0 Å². The van der Waals surface area contributed by atoms with Crippen LogP contribution in [0.4, 0.5) is 0 Å². The second kappa shape index (κ2) is 5.72. The molecule has 0 amide bonds. The van der Waals surface area contributed by atoms with Crippen molar-refractivity contribution in [1.82, 2.24) is 10.6 Å². The summed E-state index contributed by atoms with van der Waals surface area (Å²) >= 11 is 5.66. The number of hydrogen-bond donors (Lipinski definition) is 2. The lowest BCUT2D eigenvalue weighted by Crippen LogP contribution is -2.58. The Kier molecular flexibility index (Phi) is 3.89. The zero-order valence-corrected chi connectivity index (χ0v) is 14.1. The molecule has 5 saturated carbocycles. The molecule has 5 aliphatic rings. The van der Waals surface area contributed by atoms with Crippen LogP contribution in [0.2, 0.25) is 0 Å². The van der Waals surface area contributed by atoms with Gasteiger partial charge in [0.1, 0.15) is 0 Å². The molecule has 2 N–H and O–H groups in total. The van der Waals surface area contributed by atoms with Gasteiger partial charge in [0.05, 0.1) is 0 Å². The highest BCUT2D eigenvalue weighted by molar-refractivity contribution is 7.80. The molecule has 118 valence electrons. The molecule has 21 heavy (non-hydrogen) atoms. The Morgan fingerprint density at radius 1 is 0.857 bits per heavy atom. The van der Waals surface area contributed by atoms with Crippen molar-refractivity contribution >= 4 is 17.3 Å². The third-order valence-electron chi connectivity index (χ3n) is 6.95. The fraction of sp³-hybridized carbons (Fsp3) is 0.944. The van der Waals surface area contributed by atoms with Crippen LogP contribution < -0.4 is 10.6 Å². The van der Waals surface area contributed by atoms with Gasteiger partial charge in [0.2, 0.25) is 0 Å². The Morgan fingerprint density at radius 2 is 1.48 bits per heavy atom. The van der Waals surface area contributed by atoms with E-state index >= 15 is 0 Å². The minimum Gasteiger partial charge on any atom is -0.360 e. The smallest absolute Gasteiger partial charge is 0.166 e. The zero-order valence-electron chi connectivity index (χ0n) is 13.3. The molecule has 2 nitrogen and oxygen atoms in total. The molecule has 3 heteroatoms. The topological polar surface area (TPSA) is 24.1 Å². The van der Waals surface area contributed by atoms with Gasteiger partial charge in [-0.1, -0.05) is 19.8 Å². The van der Waals surface area contributed by atoms with E-state index in [0.717, 1.165) is 34.7 Å². The van der Waals surface area contributed by atoms with E-state index in [2.05, 4.69) is 17.6 Å².